The Hall–Kier alpha value is -0.890. The van der Waals surface area contributed by atoms with Crippen LogP contribution < -0.4 is 0 Å². The van der Waals surface area contributed by atoms with Crippen LogP contribution in [0, 0.1) is 0 Å². The van der Waals surface area contributed by atoms with Crippen LogP contribution in [0.25, 0.3) is 10.8 Å². The average molecular weight is 290 g/mol. The molecule has 2 atom stereocenters. The summed E-state index contributed by atoms with van der Waals surface area (Å²) in [7, 11) is 0. The van der Waals surface area contributed by atoms with Crippen LogP contribution in [0.1, 0.15) is 37.2 Å². The van der Waals surface area contributed by atoms with E-state index >= 15 is 0 Å². The van der Waals surface area contributed by atoms with E-state index in [1.54, 1.807) is 0 Å². The number of aromatic nitrogens is 1. The number of rotatable bonds is 1. The number of nitrogens with zero attached hydrogens (tertiary/aromatic N) is 1. The normalized spacial score (nSPS) is 25.0. The molecule has 17 heavy (non-hydrogen) atoms. The Morgan fingerprint density at radius 3 is 3.00 bits per heavy atom. The minimum Gasteiger partial charge on any atom is -0.264 e. The number of pyridine rings is 1. The largest absolute Gasteiger partial charge is 0.264 e. The van der Waals surface area contributed by atoms with Crippen LogP contribution in [0.5, 0.6) is 0 Å². The monoisotopic (exact) mass is 289 g/mol. The first-order valence-corrected chi connectivity index (χ1v) is 7.23. The molecule has 1 aliphatic rings. The van der Waals surface area contributed by atoms with Gasteiger partial charge in [-0.25, -0.2) is 0 Å². The zero-order valence-electron chi connectivity index (χ0n) is 9.77. The first-order chi connectivity index (χ1) is 8.34. The summed E-state index contributed by atoms with van der Waals surface area (Å²) in [6.07, 6.45) is 9.11. The van der Waals surface area contributed by atoms with E-state index in [0.29, 0.717) is 10.7 Å². The quantitative estimate of drug-likeness (QED) is 0.696. The van der Waals surface area contributed by atoms with Crippen LogP contribution in [-0.4, -0.2) is 9.81 Å². The van der Waals surface area contributed by atoms with Gasteiger partial charge in [-0.1, -0.05) is 40.5 Å². The van der Waals surface area contributed by atoms with E-state index in [9.17, 15) is 0 Å². The Labute approximate surface area is 110 Å². The van der Waals surface area contributed by atoms with E-state index in [-0.39, 0.29) is 0 Å². The maximum absolute atomic E-state index is 4.20. The standard InChI is InChI=1S/C15H16BrN/c16-13-5-1-3-11(9-13)14-6-2-4-12-10-17-8-7-15(12)14/h2,4,6-8,10-11,13H,1,3,5,9H2. The van der Waals surface area contributed by atoms with Gasteiger partial charge >= 0.3 is 0 Å². The van der Waals surface area contributed by atoms with Gasteiger partial charge in [-0.2, -0.15) is 0 Å². The summed E-state index contributed by atoms with van der Waals surface area (Å²) in [5.41, 5.74) is 1.51. The zero-order chi connectivity index (χ0) is 11.7. The van der Waals surface area contributed by atoms with Crippen molar-refractivity contribution < 1.29 is 0 Å². The van der Waals surface area contributed by atoms with Crippen molar-refractivity contribution in [3.8, 4) is 0 Å². The summed E-state index contributed by atoms with van der Waals surface area (Å²) < 4.78 is 0. The summed E-state index contributed by atoms with van der Waals surface area (Å²) in [4.78, 5) is 4.90. The van der Waals surface area contributed by atoms with E-state index in [1.807, 2.05) is 12.4 Å². The number of benzene rings is 1. The highest BCUT2D eigenvalue weighted by Gasteiger charge is 2.22. The van der Waals surface area contributed by atoms with Crippen molar-refractivity contribution in [1.82, 2.24) is 4.98 Å². The van der Waals surface area contributed by atoms with Crippen LogP contribution in [0.3, 0.4) is 0 Å². The first-order valence-electron chi connectivity index (χ1n) is 6.31. The van der Waals surface area contributed by atoms with Gasteiger partial charge in [0.25, 0.3) is 0 Å². The van der Waals surface area contributed by atoms with E-state index in [4.69, 9.17) is 0 Å². The van der Waals surface area contributed by atoms with E-state index in [1.165, 1.54) is 42.0 Å². The molecule has 0 amide bonds. The van der Waals surface area contributed by atoms with E-state index in [0.717, 1.165) is 0 Å². The molecule has 0 saturated heterocycles. The van der Waals surface area contributed by atoms with Crippen LogP contribution in [-0.2, 0) is 0 Å². The summed E-state index contributed by atoms with van der Waals surface area (Å²) in [5, 5.41) is 2.65. The molecule has 3 rings (SSSR count). The Kier molecular flexibility index (Phi) is 3.15. The lowest BCUT2D eigenvalue weighted by Gasteiger charge is -2.26. The lowest BCUT2D eigenvalue weighted by Crippen LogP contribution is -2.13. The maximum atomic E-state index is 4.20. The van der Waals surface area contributed by atoms with Crippen molar-refractivity contribution in [3.05, 3.63) is 42.2 Å². The second-order valence-electron chi connectivity index (χ2n) is 4.90. The molecule has 0 bridgehead atoms. The lowest BCUT2D eigenvalue weighted by molar-refractivity contribution is 0.460. The third-order valence-corrected chi connectivity index (χ3v) is 4.60. The lowest BCUT2D eigenvalue weighted by atomic mass is 9.82. The average Bonchev–Trinajstić information content (AvgIpc) is 2.38. The van der Waals surface area contributed by atoms with Crippen molar-refractivity contribution in [2.75, 3.05) is 0 Å². The van der Waals surface area contributed by atoms with Crippen molar-refractivity contribution >= 4 is 26.7 Å². The fourth-order valence-electron chi connectivity index (χ4n) is 2.92. The van der Waals surface area contributed by atoms with Crippen molar-refractivity contribution in [2.24, 2.45) is 0 Å². The number of fused-ring (bicyclic) bond motifs is 1. The molecule has 1 aromatic carbocycles. The highest BCUT2D eigenvalue weighted by molar-refractivity contribution is 9.09. The molecule has 0 aliphatic heterocycles. The van der Waals surface area contributed by atoms with Gasteiger partial charge in [0.2, 0.25) is 0 Å². The van der Waals surface area contributed by atoms with Gasteiger partial charge in [-0.15, -0.1) is 0 Å². The predicted octanol–water partition coefficient (Wildman–Crippen LogP) is 4.66. The van der Waals surface area contributed by atoms with Gasteiger partial charge in [-0.05, 0) is 42.2 Å². The molecular formula is C15H16BrN. The smallest absolute Gasteiger partial charge is 0.0346 e. The van der Waals surface area contributed by atoms with Crippen molar-refractivity contribution in [2.45, 2.75) is 36.4 Å². The fraction of sp³-hybridized carbons (Fsp3) is 0.400. The van der Waals surface area contributed by atoms with Gasteiger partial charge < -0.3 is 0 Å². The van der Waals surface area contributed by atoms with Crippen molar-refractivity contribution in [3.63, 3.8) is 0 Å². The molecule has 2 heteroatoms. The molecule has 0 radical (unpaired) electrons. The molecule has 1 aromatic heterocycles. The molecule has 1 fully saturated rings. The summed E-state index contributed by atoms with van der Waals surface area (Å²) in [6, 6.07) is 8.76. The highest BCUT2D eigenvalue weighted by Crippen LogP contribution is 2.38. The Balaban J connectivity index is 2.04. The zero-order valence-corrected chi connectivity index (χ0v) is 11.4. The molecule has 88 valence electrons. The maximum Gasteiger partial charge on any atom is 0.0346 e. The topological polar surface area (TPSA) is 12.9 Å². The van der Waals surface area contributed by atoms with Gasteiger partial charge in [0.1, 0.15) is 0 Å². The van der Waals surface area contributed by atoms with Crippen LogP contribution in [0.15, 0.2) is 36.7 Å². The van der Waals surface area contributed by atoms with Crippen molar-refractivity contribution in [1.29, 1.82) is 0 Å². The first kappa shape index (κ1) is 11.2. The van der Waals surface area contributed by atoms with Gasteiger partial charge in [-0.3, -0.25) is 4.98 Å². The molecule has 2 aromatic rings. The SMILES string of the molecule is BrC1CCCC(c2cccc3cnccc23)C1. The minimum absolute atomic E-state index is 0.693. The van der Waals surface area contributed by atoms with Crippen LogP contribution in [0.4, 0.5) is 0 Å². The van der Waals surface area contributed by atoms with Gasteiger partial charge in [0.15, 0.2) is 0 Å². The number of hydrogen-bond acceptors (Lipinski definition) is 1. The van der Waals surface area contributed by atoms with Crippen LogP contribution >= 0.6 is 15.9 Å². The molecule has 1 heterocycles. The third-order valence-electron chi connectivity index (χ3n) is 3.76. The van der Waals surface area contributed by atoms with E-state index in [2.05, 4.69) is 45.2 Å². The summed E-state index contributed by atoms with van der Waals surface area (Å²) >= 11 is 3.78. The molecule has 2 unspecified atom stereocenters. The second-order valence-corrected chi connectivity index (χ2v) is 6.20. The molecule has 1 saturated carbocycles. The minimum atomic E-state index is 0.693. The molecule has 1 nitrogen and oxygen atoms in total. The summed E-state index contributed by atoms with van der Waals surface area (Å²) in [6.45, 7) is 0. The van der Waals surface area contributed by atoms with E-state index < -0.39 is 0 Å². The third kappa shape index (κ3) is 2.23. The molecule has 0 spiro atoms. The van der Waals surface area contributed by atoms with Crippen LogP contribution in [0.2, 0.25) is 0 Å². The Bertz CT molecular complexity index is 518. The number of hydrogen-bond donors (Lipinski definition) is 0. The number of halogens is 1. The highest BCUT2D eigenvalue weighted by atomic mass is 79.9. The summed E-state index contributed by atoms with van der Waals surface area (Å²) in [5.74, 6) is 0.708. The fourth-order valence-corrected chi connectivity index (χ4v) is 3.69. The molecule has 1 aliphatic carbocycles. The Morgan fingerprint density at radius 2 is 2.12 bits per heavy atom. The second kappa shape index (κ2) is 4.77. The molecular weight excluding hydrogens is 274 g/mol. The van der Waals surface area contributed by atoms with Gasteiger partial charge in [0.05, 0.1) is 0 Å². The molecule has 0 N–H and O–H groups in total. The number of alkyl halides is 1. The van der Waals surface area contributed by atoms with Gasteiger partial charge in [0, 0.05) is 22.6 Å². The predicted molar refractivity (Wildman–Crippen MR) is 75.7 cm³/mol. The Morgan fingerprint density at radius 1 is 1.18 bits per heavy atom.